The summed E-state index contributed by atoms with van der Waals surface area (Å²) in [6.07, 6.45) is 0.323. The Balaban J connectivity index is 1.42. The van der Waals surface area contributed by atoms with Crippen LogP contribution in [0.4, 0.5) is 11.5 Å². The predicted octanol–water partition coefficient (Wildman–Crippen LogP) is -0.104. The van der Waals surface area contributed by atoms with E-state index in [1.165, 1.54) is 18.7 Å². The number of nitrogens with one attached hydrogen (secondary N) is 1. The standard InChI is InChI=1S/C19H22ClN7O5S/c20-11-2-1-3-12(21)10(11)4-5-33(30,31)26-6-14-17(29)16(28)13(7-32-14)27-9-25-15-18(22)23-8-24-19(15)27/h1-5,8-9,13-14,16-17,26,28-29H,6-7,21H2,(H2,22,23,24)/b5-4+/t13?,14-,16+,17-/m1/s1. The maximum atomic E-state index is 12.4. The number of aromatic nitrogens is 4. The first-order valence-corrected chi connectivity index (χ1v) is 11.7. The highest BCUT2D eigenvalue weighted by molar-refractivity contribution is 7.92. The average Bonchev–Trinajstić information content (AvgIpc) is 3.20. The molecule has 0 radical (unpaired) electrons. The third-order valence-corrected chi connectivity index (χ3v) is 6.73. The maximum absolute atomic E-state index is 12.4. The Bertz CT molecular complexity index is 1280. The number of hydrogen-bond donors (Lipinski definition) is 5. The summed E-state index contributed by atoms with van der Waals surface area (Å²) < 4.78 is 34.2. The summed E-state index contributed by atoms with van der Waals surface area (Å²) in [5.41, 5.74) is 13.0. The zero-order valence-corrected chi connectivity index (χ0v) is 18.7. The minimum atomic E-state index is -3.91. The van der Waals surface area contributed by atoms with Crippen LogP contribution >= 0.6 is 11.6 Å². The number of rotatable bonds is 6. The van der Waals surface area contributed by atoms with Crippen molar-refractivity contribution in [1.82, 2.24) is 24.2 Å². The molecule has 1 saturated heterocycles. The highest BCUT2D eigenvalue weighted by Crippen LogP contribution is 2.28. The Morgan fingerprint density at radius 1 is 1.24 bits per heavy atom. The van der Waals surface area contributed by atoms with E-state index in [2.05, 4.69) is 19.7 Å². The summed E-state index contributed by atoms with van der Waals surface area (Å²) >= 11 is 6.04. The van der Waals surface area contributed by atoms with E-state index in [4.69, 9.17) is 27.8 Å². The molecule has 1 aliphatic heterocycles. The summed E-state index contributed by atoms with van der Waals surface area (Å²) in [5, 5.41) is 22.5. The highest BCUT2D eigenvalue weighted by atomic mass is 35.5. The lowest BCUT2D eigenvalue weighted by molar-refractivity contribution is -0.155. The van der Waals surface area contributed by atoms with Gasteiger partial charge in [-0.05, 0) is 18.2 Å². The van der Waals surface area contributed by atoms with Crippen molar-refractivity contribution in [1.29, 1.82) is 0 Å². The molecule has 0 bridgehead atoms. The van der Waals surface area contributed by atoms with Crippen LogP contribution in [0.1, 0.15) is 11.6 Å². The van der Waals surface area contributed by atoms with Crippen LogP contribution in [-0.4, -0.2) is 69.6 Å². The van der Waals surface area contributed by atoms with Gasteiger partial charge in [0.25, 0.3) is 0 Å². The number of fused-ring (bicyclic) bond motifs is 1. The van der Waals surface area contributed by atoms with E-state index < -0.39 is 34.4 Å². The lowest BCUT2D eigenvalue weighted by Gasteiger charge is -2.38. The molecule has 4 atom stereocenters. The first-order valence-electron chi connectivity index (χ1n) is 9.80. The van der Waals surface area contributed by atoms with Gasteiger partial charge in [0, 0.05) is 28.2 Å². The van der Waals surface area contributed by atoms with E-state index in [0.29, 0.717) is 27.4 Å². The molecule has 0 spiro atoms. The van der Waals surface area contributed by atoms with E-state index in [1.54, 1.807) is 22.8 Å². The number of hydrogen-bond acceptors (Lipinski definition) is 10. The Labute approximate surface area is 193 Å². The average molecular weight is 496 g/mol. The number of aliphatic hydroxyl groups excluding tert-OH is 2. The molecule has 4 rings (SSSR count). The second-order valence-corrected chi connectivity index (χ2v) is 9.50. The molecule has 0 aliphatic carbocycles. The predicted molar refractivity (Wildman–Crippen MR) is 122 cm³/mol. The number of nitrogen functional groups attached to an aromatic ring is 2. The van der Waals surface area contributed by atoms with Crippen LogP contribution in [-0.2, 0) is 14.8 Å². The third kappa shape index (κ3) is 4.78. The highest BCUT2D eigenvalue weighted by Gasteiger charge is 2.40. The molecule has 3 heterocycles. The van der Waals surface area contributed by atoms with Crippen molar-refractivity contribution in [3.63, 3.8) is 0 Å². The van der Waals surface area contributed by atoms with E-state index >= 15 is 0 Å². The fourth-order valence-corrected chi connectivity index (χ4v) is 4.59. The number of anilines is 2. The summed E-state index contributed by atoms with van der Waals surface area (Å²) in [7, 11) is -3.91. The molecule has 1 fully saturated rings. The second kappa shape index (κ2) is 9.21. The summed E-state index contributed by atoms with van der Waals surface area (Å²) in [4.78, 5) is 12.1. The Kier molecular flexibility index (Phi) is 6.52. The van der Waals surface area contributed by atoms with Crippen LogP contribution in [0.25, 0.3) is 17.2 Å². The maximum Gasteiger partial charge on any atom is 0.233 e. The molecule has 1 aliphatic rings. The Morgan fingerprint density at radius 3 is 2.79 bits per heavy atom. The van der Waals surface area contributed by atoms with E-state index in [1.807, 2.05) is 0 Å². The largest absolute Gasteiger partial charge is 0.398 e. The summed E-state index contributed by atoms with van der Waals surface area (Å²) in [6.45, 7) is -0.290. The third-order valence-electron chi connectivity index (χ3n) is 5.34. The summed E-state index contributed by atoms with van der Waals surface area (Å²) in [5.74, 6) is 0.185. The lowest BCUT2D eigenvalue weighted by Crippen LogP contribution is -2.54. The molecule has 1 aromatic carbocycles. The van der Waals surface area contributed by atoms with Gasteiger partial charge in [0.2, 0.25) is 10.0 Å². The van der Waals surface area contributed by atoms with Gasteiger partial charge in [0.15, 0.2) is 11.5 Å². The van der Waals surface area contributed by atoms with E-state index in [9.17, 15) is 18.6 Å². The van der Waals surface area contributed by atoms with Gasteiger partial charge in [-0.1, -0.05) is 17.7 Å². The quantitative estimate of drug-likeness (QED) is 0.288. The van der Waals surface area contributed by atoms with Crippen molar-refractivity contribution in [3.05, 3.63) is 46.8 Å². The van der Waals surface area contributed by atoms with Gasteiger partial charge in [0.1, 0.15) is 24.1 Å². The van der Waals surface area contributed by atoms with Crippen LogP contribution in [0.15, 0.2) is 36.3 Å². The van der Waals surface area contributed by atoms with Crippen LogP contribution in [0.2, 0.25) is 5.02 Å². The molecule has 3 aromatic rings. The molecule has 14 heteroatoms. The SMILES string of the molecule is Nc1cccc(Cl)c1/C=C/S(=O)(=O)NC[C@H]1OCC(n2cnc3c(N)ncnc32)[C@H](O)[C@@H]1O. The monoisotopic (exact) mass is 495 g/mol. The second-order valence-electron chi connectivity index (χ2n) is 7.44. The van der Waals surface area contributed by atoms with Gasteiger partial charge in [0.05, 0.1) is 25.1 Å². The van der Waals surface area contributed by atoms with Gasteiger partial charge in [-0.25, -0.2) is 28.1 Å². The molecule has 7 N–H and O–H groups in total. The zero-order valence-electron chi connectivity index (χ0n) is 17.1. The first-order chi connectivity index (χ1) is 15.7. The van der Waals surface area contributed by atoms with Gasteiger partial charge < -0.3 is 31.0 Å². The molecule has 12 nitrogen and oxygen atoms in total. The molecular formula is C19H22ClN7O5S. The fraction of sp³-hybridized carbons (Fsp3) is 0.316. The number of sulfonamides is 1. The van der Waals surface area contributed by atoms with Gasteiger partial charge in [-0.15, -0.1) is 0 Å². The van der Waals surface area contributed by atoms with Crippen molar-refractivity contribution in [2.75, 3.05) is 24.6 Å². The van der Waals surface area contributed by atoms with E-state index in [-0.39, 0.29) is 19.0 Å². The number of ether oxygens (including phenoxy) is 1. The number of imidazole rings is 1. The summed E-state index contributed by atoms with van der Waals surface area (Å²) in [6, 6.07) is 4.12. The van der Waals surface area contributed by atoms with Crippen molar-refractivity contribution >= 4 is 50.4 Å². The van der Waals surface area contributed by atoms with Crippen molar-refractivity contribution in [3.8, 4) is 0 Å². The number of halogens is 1. The fourth-order valence-electron chi connectivity index (χ4n) is 3.54. The first kappa shape index (κ1) is 23.4. The van der Waals surface area contributed by atoms with Crippen LogP contribution in [0.5, 0.6) is 0 Å². The Morgan fingerprint density at radius 2 is 2.03 bits per heavy atom. The van der Waals surface area contributed by atoms with Crippen molar-refractivity contribution in [2.24, 2.45) is 0 Å². The van der Waals surface area contributed by atoms with Crippen LogP contribution in [0, 0.1) is 0 Å². The van der Waals surface area contributed by atoms with Crippen LogP contribution in [0.3, 0.4) is 0 Å². The molecule has 1 unspecified atom stereocenters. The van der Waals surface area contributed by atoms with Gasteiger partial charge in [-0.3, -0.25) is 0 Å². The number of benzene rings is 1. The lowest BCUT2D eigenvalue weighted by atomic mass is 9.98. The zero-order chi connectivity index (χ0) is 23.8. The molecule has 2 aromatic heterocycles. The Hall–Kier alpha value is -2.81. The van der Waals surface area contributed by atoms with E-state index in [0.717, 1.165) is 5.41 Å². The van der Waals surface area contributed by atoms with Gasteiger partial charge in [-0.2, -0.15) is 0 Å². The van der Waals surface area contributed by atoms with Crippen molar-refractivity contribution in [2.45, 2.75) is 24.4 Å². The molecule has 0 saturated carbocycles. The minimum absolute atomic E-state index is 0.0218. The smallest absolute Gasteiger partial charge is 0.233 e. The number of nitrogens with zero attached hydrogens (tertiary/aromatic N) is 4. The molecule has 33 heavy (non-hydrogen) atoms. The number of nitrogens with two attached hydrogens (primary N) is 2. The normalized spacial score (nSPS) is 24.0. The molecule has 176 valence electrons. The molecular weight excluding hydrogens is 474 g/mol. The van der Waals surface area contributed by atoms with Crippen LogP contribution < -0.4 is 16.2 Å². The van der Waals surface area contributed by atoms with Crippen molar-refractivity contribution < 1.29 is 23.4 Å². The molecule has 0 amide bonds. The number of aliphatic hydroxyl groups is 2. The minimum Gasteiger partial charge on any atom is -0.398 e. The topological polar surface area (TPSA) is 191 Å². The van der Waals surface area contributed by atoms with Gasteiger partial charge >= 0.3 is 0 Å².